The Hall–Kier alpha value is -1.38. The molecule has 0 radical (unpaired) electrons. The molecule has 162 valence electrons. The molecule has 0 aromatic rings. The lowest BCUT2D eigenvalue weighted by molar-refractivity contribution is -0.327. The zero-order chi connectivity index (χ0) is 21.2. The van der Waals surface area contributed by atoms with Gasteiger partial charge in [-0.15, -0.1) is 0 Å². The van der Waals surface area contributed by atoms with Crippen LogP contribution in [0.25, 0.3) is 0 Å². The molecule has 0 spiro atoms. The molecule has 28 heavy (non-hydrogen) atoms. The number of aliphatic hydroxyl groups excluding tert-OH is 4. The highest BCUT2D eigenvalue weighted by atomic mass is 16.7. The highest BCUT2D eigenvalue weighted by Crippen LogP contribution is 2.30. The molecule has 10 atom stereocenters. The zero-order valence-corrected chi connectivity index (χ0v) is 15.7. The van der Waals surface area contributed by atoms with E-state index in [0.717, 1.165) is 7.11 Å². The van der Waals surface area contributed by atoms with Crippen molar-refractivity contribution in [3.05, 3.63) is 0 Å². The average Bonchev–Trinajstić information content (AvgIpc) is 2.63. The molecule has 4 unspecified atom stereocenters. The fourth-order valence-electron chi connectivity index (χ4n) is 3.45. The Labute approximate surface area is 160 Å². The average molecular weight is 409 g/mol. The number of hydrogen-bond donors (Lipinski definition) is 6. The van der Waals surface area contributed by atoms with E-state index in [2.05, 4.69) is 5.32 Å². The first kappa shape index (κ1) is 22.9. The zero-order valence-electron chi connectivity index (χ0n) is 15.7. The summed E-state index contributed by atoms with van der Waals surface area (Å²) in [6, 6.07) is -0.897. The van der Waals surface area contributed by atoms with E-state index in [1.807, 2.05) is 0 Å². The normalized spacial score (nSPS) is 44.1. The highest BCUT2D eigenvalue weighted by Gasteiger charge is 2.52. The first-order chi connectivity index (χ1) is 13.1. The predicted molar refractivity (Wildman–Crippen MR) is 89.0 cm³/mol. The summed E-state index contributed by atoms with van der Waals surface area (Å²) in [5, 5.41) is 52.2. The van der Waals surface area contributed by atoms with Crippen LogP contribution in [-0.2, 0) is 28.5 Å². The third kappa shape index (κ3) is 4.60. The summed E-state index contributed by atoms with van der Waals surface area (Å²) in [4.78, 5) is 23.0. The maximum absolute atomic E-state index is 11.5. The highest BCUT2D eigenvalue weighted by molar-refractivity contribution is 5.73. The van der Waals surface area contributed by atoms with Gasteiger partial charge in [-0.25, -0.2) is 4.79 Å². The van der Waals surface area contributed by atoms with E-state index >= 15 is 0 Å². The summed E-state index contributed by atoms with van der Waals surface area (Å²) in [7, 11) is 1.16. The van der Waals surface area contributed by atoms with Gasteiger partial charge in [0, 0.05) is 14.0 Å². The number of carbonyl (C=O) groups is 2. The van der Waals surface area contributed by atoms with Crippen LogP contribution in [0.4, 0.5) is 0 Å². The molecule has 1 amide bonds. The minimum Gasteiger partial charge on any atom is -0.479 e. The first-order valence-corrected chi connectivity index (χ1v) is 8.76. The minimum atomic E-state index is -1.70. The van der Waals surface area contributed by atoms with E-state index < -0.39 is 79.6 Å². The van der Waals surface area contributed by atoms with Crippen molar-refractivity contribution >= 4 is 11.9 Å². The summed E-state index contributed by atoms with van der Waals surface area (Å²) in [5.74, 6) is -1.89. The van der Waals surface area contributed by atoms with Crippen LogP contribution in [0.15, 0.2) is 0 Å². The van der Waals surface area contributed by atoms with Crippen molar-refractivity contribution in [3.8, 4) is 0 Å². The number of carboxylic acid groups (broad SMARTS) is 1. The van der Waals surface area contributed by atoms with Crippen molar-refractivity contribution in [3.63, 3.8) is 0 Å². The van der Waals surface area contributed by atoms with Crippen molar-refractivity contribution in [1.29, 1.82) is 0 Å². The van der Waals surface area contributed by atoms with Gasteiger partial charge >= 0.3 is 5.97 Å². The molecule has 2 aliphatic heterocycles. The molecule has 0 bridgehead atoms. The Morgan fingerprint density at radius 1 is 1.07 bits per heavy atom. The van der Waals surface area contributed by atoms with Crippen LogP contribution in [0.3, 0.4) is 0 Å². The number of carbonyl (C=O) groups excluding carboxylic acids is 1. The Bertz CT molecular complexity index is 561. The molecular formula is C16H27NO11. The quantitative estimate of drug-likeness (QED) is 0.256. The molecule has 2 aliphatic rings. The number of ether oxygens (including phenoxy) is 4. The molecule has 2 rings (SSSR count). The molecular weight excluding hydrogens is 382 g/mol. The molecule has 0 saturated carbocycles. The van der Waals surface area contributed by atoms with Gasteiger partial charge in [0.25, 0.3) is 0 Å². The van der Waals surface area contributed by atoms with Crippen LogP contribution >= 0.6 is 0 Å². The molecule has 2 saturated heterocycles. The molecule has 12 heteroatoms. The number of aliphatic carboxylic acids is 1. The SMILES string of the molecule is CO[C@H]1C(C(=O)O)O[C@@H](O[C@@H]2C(NC(C)=O)[C@H](C)OC(CO)[C@@H]2O)C(O)[C@H]1O. The summed E-state index contributed by atoms with van der Waals surface area (Å²) < 4.78 is 21.2. The Balaban J connectivity index is 2.26. The largest absolute Gasteiger partial charge is 0.479 e. The lowest BCUT2D eigenvalue weighted by Gasteiger charge is -2.47. The van der Waals surface area contributed by atoms with Crippen LogP contribution in [0, 0.1) is 0 Å². The maximum Gasteiger partial charge on any atom is 0.335 e. The lowest BCUT2D eigenvalue weighted by atomic mass is 9.92. The summed E-state index contributed by atoms with van der Waals surface area (Å²) >= 11 is 0. The standard InChI is InChI=1S/C16H27NO11/c1-5-8(17-6(2)19)12(9(20)7(4-18)26-5)27-16-11(22)10(21)13(25-3)14(28-16)15(23)24/h5,7-14,16,18,20-22H,4H2,1-3H3,(H,17,19)(H,23,24)/t5-,7?,8?,9-,10+,11?,12+,13+,14?,16+/m0/s1. The molecule has 0 aliphatic carbocycles. The number of rotatable bonds is 6. The molecule has 12 nitrogen and oxygen atoms in total. The topological polar surface area (TPSA) is 184 Å². The Morgan fingerprint density at radius 2 is 1.71 bits per heavy atom. The molecule has 2 heterocycles. The van der Waals surface area contributed by atoms with E-state index in [0.29, 0.717) is 0 Å². The number of aliphatic hydroxyl groups is 4. The van der Waals surface area contributed by atoms with E-state index in [-0.39, 0.29) is 0 Å². The Morgan fingerprint density at radius 3 is 2.21 bits per heavy atom. The van der Waals surface area contributed by atoms with Crippen molar-refractivity contribution in [1.82, 2.24) is 5.32 Å². The second-order valence-corrected chi connectivity index (χ2v) is 6.82. The number of nitrogens with one attached hydrogen (secondary N) is 1. The van der Waals surface area contributed by atoms with Crippen LogP contribution in [-0.4, -0.2) is 112 Å². The molecule has 0 aromatic heterocycles. The van der Waals surface area contributed by atoms with Gasteiger partial charge in [0.1, 0.15) is 36.6 Å². The number of amides is 1. The summed E-state index contributed by atoms with van der Waals surface area (Å²) in [6.07, 6.45) is -12.4. The minimum absolute atomic E-state index is 0.447. The van der Waals surface area contributed by atoms with Gasteiger partial charge in [-0.3, -0.25) is 4.79 Å². The van der Waals surface area contributed by atoms with E-state index in [4.69, 9.17) is 18.9 Å². The van der Waals surface area contributed by atoms with Gasteiger partial charge in [-0.1, -0.05) is 0 Å². The van der Waals surface area contributed by atoms with Gasteiger partial charge in [0.05, 0.1) is 18.8 Å². The fraction of sp³-hybridized carbons (Fsp3) is 0.875. The third-order valence-corrected chi connectivity index (χ3v) is 4.87. The monoisotopic (exact) mass is 409 g/mol. The van der Waals surface area contributed by atoms with E-state index in [9.17, 15) is 35.1 Å². The van der Waals surface area contributed by atoms with Crippen LogP contribution in [0.2, 0.25) is 0 Å². The fourth-order valence-corrected chi connectivity index (χ4v) is 3.45. The molecule has 0 aromatic carbocycles. The summed E-state index contributed by atoms with van der Waals surface area (Å²) in [6.45, 7) is 2.28. The number of methoxy groups -OCH3 is 1. The third-order valence-electron chi connectivity index (χ3n) is 4.87. The van der Waals surface area contributed by atoms with Crippen molar-refractivity contribution in [2.75, 3.05) is 13.7 Å². The van der Waals surface area contributed by atoms with Gasteiger partial charge in [-0.2, -0.15) is 0 Å². The van der Waals surface area contributed by atoms with Gasteiger partial charge in [-0.05, 0) is 6.92 Å². The van der Waals surface area contributed by atoms with E-state index in [1.165, 1.54) is 6.92 Å². The van der Waals surface area contributed by atoms with Gasteiger partial charge in [0.2, 0.25) is 5.91 Å². The second kappa shape index (κ2) is 9.41. The second-order valence-electron chi connectivity index (χ2n) is 6.82. The lowest BCUT2D eigenvalue weighted by Crippen LogP contribution is -2.67. The maximum atomic E-state index is 11.5. The van der Waals surface area contributed by atoms with E-state index in [1.54, 1.807) is 6.92 Å². The van der Waals surface area contributed by atoms with Crippen molar-refractivity contribution in [2.24, 2.45) is 0 Å². The number of hydrogen-bond acceptors (Lipinski definition) is 10. The van der Waals surface area contributed by atoms with Crippen LogP contribution < -0.4 is 5.32 Å². The van der Waals surface area contributed by atoms with Crippen LogP contribution in [0.5, 0.6) is 0 Å². The summed E-state index contributed by atoms with van der Waals surface area (Å²) in [5.41, 5.74) is 0. The van der Waals surface area contributed by atoms with Crippen molar-refractivity contribution < 1.29 is 54.1 Å². The Kier molecular flexibility index (Phi) is 7.70. The van der Waals surface area contributed by atoms with Crippen LogP contribution in [0.1, 0.15) is 13.8 Å². The van der Waals surface area contributed by atoms with Crippen molar-refractivity contribution in [2.45, 2.75) is 75.0 Å². The first-order valence-electron chi connectivity index (χ1n) is 8.76. The smallest absolute Gasteiger partial charge is 0.335 e. The molecule has 2 fully saturated rings. The predicted octanol–water partition coefficient (Wildman–Crippen LogP) is -3.44. The van der Waals surface area contributed by atoms with Gasteiger partial charge < -0.3 is 49.8 Å². The number of carboxylic acids is 1. The van der Waals surface area contributed by atoms with Gasteiger partial charge in [0.15, 0.2) is 12.4 Å². The molecule has 6 N–H and O–H groups in total.